The van der Waals surface area contributed by atoms with Gasteiger partial charge in [-0.2, -0.15) is 0 Å². The van der Waals surface area contributed by atoms with Gasteiger partial charge < -0.3 is 9.72 Å². The number of nitrogens with one attached hydrogen (secondary N) is 1. The molecule has 122 valence electrons. The monoisotopic (exact) mass is 331 g/mol. The zero-order valence-corrected chi connectivity index (χ0v) is 14.5. The van der Waals surface area contributed by atoms with E-state index in [1.54, 1.807) is 0 Å². The maximum Gasteiger partial charge on any atom is 0.256 e. The number of nitrogens with zero attached hydrogens (tertiary/aromatic N) is 2. The summed E-state index contributed by atoms with van der Waals surface area (Å²) in [7, 11) is 0. The molecule has 0 saturated heterocycles. The fraction of sp³-hybridized carbons (Fsp3) is 0.412. The minimum atomic E-state index is -0.0317. The Hall–Kier alpha value is -1.79. The molecule has 0 amide bonds. The second-order valence-corrected chi connectivity index (χ2v) is 6.57. The lowest BCUT2D eigenvalue weighted by atomic mass is 10.1. The Morgan fingerprint density at radius 1 is 1.39 bits per heavy atom. The number of rotatable bonds is 4. The van der Waals surface area contributed by atoms with E-state index < -0.39 is 0 Å². The third-order valence-electron chi connectivity index (χ3n) is 4.28. The highest BCUT2D eigenvalue weighted by molar-refractivity contribution is 7.98. The van der Waals surface area contributed by atoms with Gasteiger partial charge in [0.1, 0.15) is 12.5 Å². The average Bonchev–Trinajstić information content (AvgIpc) is 2.56. The lowest BCUT2D eigenvalue weighted by Gasteiger charge is -2.27. The summed E-state index contributed by atoms with van der Waals surface area (Å²) >= 11 is 1.46. The van der Waals surface area contributed by atoms with Gasteiger partial charge in [-0.15, -0.1) is 0 Å². The lowest BCUT2D eigenvalue weighted by molar-refractivity contribution is 0.111. The van der Waals surface area contributed by atoms with Crippen LogP contribution in [0.3, 0.4) is 0 Å². The van der Waals surface area contributed by atoms with Crippen molar-refractivity contribution < 1.29 is 4.74 Å². The zero-order valence-electron chi connectivity index (χ0n) is 13.7. The van der Waals surface area contributed by atoms with Crippen LogP contribution in [0, 0.1) is 13.8 Å². The van der Waals surface area contributed by atoms with E-state index in [0.29, 0.717) is 18.4 Å². The standard InChI is InChI=1S/C17H21N3O2S/c1-11-5-4-6-15(12(11)2)22-10-20-8-7-14-13(9-20)16(21)19-17(18-14)23-3/h4-6H,7-10H2,1-3H3,(H,18,19,21). The Balaban J connectivity index is 1.70. The van der Waals surface area contributed by atoms with Crippen LogP contribution in [0.5, 0.6) is 5.75 Å². The number of aromatic nitrogens is 2. The van der Waals surface area contributed by atoms with Crippen molar-refractivity contribution in [2.45, 2.75) is 32.0 Å². The van der Waals surface area contributed by atoms with Crippen LogP contribution in [0.1, 0.15) is 22.4 Å². The highest BCUT2D eigenvalue weighted by Crippen LogP contribution is 2.22. The molecule has 0 saturated carbocycles. The van der Waals surface area contributed by atoms with E-state index in [9.17, 15) is 4.79 Å². The highest BCUT2D eigenvalue weighted by Gasteiger charge is 2.21. The number of H-pyrrole nitrogens is 1. The van der Waals surface area contributed by atoms with Crippen LogP contribution < -0.4 is 10.3 Å². The molecule has 23 heavy (non-hydrogen) atoms. The van der Waals surface area contributed by atoms with Crippen molar-refractivity contribution in [3.8, 4) is 5.75 Å². The number of fused-ring (bicyclic) bond motifs is 1. The molecule has 0 aliphatic carbocycles. The van der Waals surface area contributed by atoms with Crippen LogP contribution in [-0.4, -0.2) is 34.4 Å². The maximum atomic E-state index is 12.2. The second-order valence-electron chi connectivity index (χ2n) is 5.77. The van der Waals surface area contributed by atoms with Gasteiger partial charge in [-0.05, 0) is 37.3 Å². The maximum absolute atomic E-state index is 12.2. The minimum Gasteiger partial charge on any atom is -0.478 e. The number of aryl methyl sites for hydroxylation is 1. The predicted octanol–water partition coefficient (Wildman–Crippen LogP) is 2.50. The summed E-state index contributed by atoms with van der Waals surface area (Å²) in [6.07, 6.45) is 2.70. The third kappa shape index (κ3) is 3.43. The average molecular weight is 331 g/mol. The van der Waals surface area contributed by atoms with Crippen molar-refractivity contribution in [3.63, 3.8) is 0 Å². The summed E-state index contributed by atoms with van der Waals surface area (Å²) in [6, 6.07) is 6.06. The van der Waals surface area contributed by atoms with Gasteiger partial charge in [0.05, 0.1) is 11.3 Å². The molecule has 2 aromatic rings. The van der Waals surface area contributed by atoms with Crippen LogP contribution >= 0.6 is 11.8 Å². The van der Waals surface area contributed by atoms with Crippen LogP contribution in [0.2, 0.25) is 0 Å². The minimum absolute atomic E-state index is 0.0317. The molecule has 0 radical (unpaired) electrons. The predicted molar refractivity (Wildman–Crippen MR) is 92.2 cm³/mol. The van der Waals surface area contributed by atoms with E-state index in [-0.39, 0.29) is 5.56 Å². The number of benzene rings is 1. The van der Waals surface area contributed by atoms with Crippen LogP contribution in [0.25, 0.3) is 0 Å². The quantitative estimate of drug-likeness (QED) is 0.689. The van der Waals surface area contributed by atoms with Crippen molar-refractivity contribution in [2.24, 2.45) is 0 Å². The molecular weight excluding hydrogens is 310 g/mol. The SMILES string of the molecule is CSc1nc2c(c(=O)[nH]1)CN(COc1cccc(C)c1C)CC2. The normalized spacial score (nSPS) is 14.6. The van der Waals surface area contributed by atoms with Crippen molar-refractivity contribution >= 4 is 11.8 Å². The summed E-state index contributed by atoms with van der Waals surface area (Å²) in [5, 5.41) is 0.689. The smallest absolute Gasteiger partial charge is 0.256 e. The Morgan fingerprint density at radius 3 is 3.00 bits per heavy atom. The van der Waals surface area contributed by atoms with Gasteiger partial charge in [0.15, 0.2) is 5.16 Å². The number of aromatic amines is 1. The molecule has 1 aromatic heterocycles. The van der Waals surface area contributed by atoms with E-state index in [1.165, 1.54) is 17.3 Å². The first-order valence-corrected chi connectivity index (χ1v) is 8.88. The first-order chi connectivity index (χ1) is 11.1. The molecule has 6 heteroatoms. The Morgan fingerprint density at radius 2 is 2.22 bits per heavy atom. The van der Waals surface area contributed by atoms with E-state index in [0.717, 1.165) is 35.5 Å². The van der Waals surface area contributed by atoms with Crippen molar-refractivity contribution in [3.05, 3.63) is 50.9 Å². The van der Waals surface area contributed by atoms with Gasteiger partial charge in [0, 0.05) is 19.5 Å². The molecule has 3 rings (SSSR count). The Bertz CT molecular complexity index is 773. The van der Waals surface area contributed by atoms with Gasteiger partial charge in [0.25, 0.3) is 5.56 Å². The fourth-order valence-electron chi connectivity index (χ4n) is 2.71. The second kappa shape index (κ2) is 6.76. The van der Waals surface area contributed by atoms with E-state index in [2.05, 4.69) is 34.8 Å². The van der Waals surface area contributed by atoms with Gasteiger partial charge in [-0.1, -0.05) is 23.9 Å². The van der Waals surface area contributed by atoms with Gasteiger partial charge >= 0.3 is 0 Å². The Labute approximate surface area is 140 Å². The fourth-order valence-corrected chi connectivity index (χ4v) is 3.10. The van der Waals surface area contributed by atoms with Crippen molar-refractivity contribution in [1.29, 1.82) is 0 Å². The molecule has 0 spiro atoms. The Kier molecular flexibility index (Phi) is 4.73. The van der Waals surface area contributed by atoms with E-state index in [1.807, 2.05) is 18.4 Å². The summed E-state index contributed by atoms with van der Waals surface area (Å²) in [6.45, 7) is 6.05. The summed E-state index contributed by atoms with van der Waals surface area (Å²) in [5.41, 5.74) is 4.03. The molecule has 0 bridgehead atoms. The molecular formula is C17H21N3O2S. The molecule has 1 N–H and O–H groups in total. The van der Waals surface area contributed by atoms with Gasteiger partial charge in [0.2, 0.25) is 0 Å². The van der Waals surface area contributed by atoms with Gasteiger partial charge in [-0.3, -0.25) is 9.69 Å². The van der Waals surface area contributed by atoms with Crippen molar-refractivity contribution in [1.82, 2.24) is 14.9 Å². The molecule has 0 unspecified atom stereocenters. The molecule has 0 fully saturated rings. The molecule has 2 heterocycles. The summed E-state index contributed by atoms with van der Waals surface area (Å²) < 4.78 is 5.95. The first-order valence-electron chi connectivity index (χ1n) is 7.66. The molecule has 1 aliphatic rings. The lowest BCUT2D eigenvalue weighted by Crippen LogP contribution is -2.38. The van der Waals surface area contributed by atoms with E-state index in [4.69, 9.17) is 4.74 Å². The molecule has 0 atom stereocenters. The van der Waals surface area contributed by atoms with E-state index >= 15 is 0 Å². The number of hydrogen-bond acceptors (Lipinski definition) is 5. The number of ether oxygens (including phenoxy) is 1. The van der Waals surface area contributed by atoms with Crippen molar-refractivity contribution in [2.75, 3.05) is 19.5 Å². The summed E-state index contributed by atoms with van der Waals surface area (Å²) in [5.74, 6) is 0.903. The molecule has 1 aliphatic heterocycles. The molecule has 5 nitrogen and oxygen atoms in total. The van der Waals surface area contributed by atoms with Crippen LogP contribution in [0.15, 0.2) is 28.2 Å². The largest absolute Gasteiger partial charge is 0.478 e. The highest BCUT2D eigenvalue weighted by atomic mass is 32.2. The zero-order chi connectivity index (χ0) is 16.4. The number of thioether (sulfide) groups is 1. The number of hydrogen-bond donors (Lipinski definition) is 1. The first kappa shape index (κ1) is 16.1. The van der Waals surface area contributed by atoms with Crippen LogP contribution in [-0.2, 0) is 13.0 Å². The van der Waals surface area contributed by atoms with Crippen LogP contribution in [0.4, 0.5) is 0 Å². The molecule has 1 aromatic carbocycles. The summed E-state index contributed by atoms with van der Waals surface area (Å²) in [4.78, 5) is 21.7. The van der Waals surface area contributed by atoms with Gasteiger partial charge in [-0.25, -0.2) is 4.98 Å². The third-order valence-corrected chi connectivity index (χ3v) is 4.86. The topological polar surface area (TPSA) is 58.2 Å².